The van der Waals surface area contributed by atoms with Crippen molar-refractivity contribution < 1.29 is 9.53 Å². The van der Waals surface area contributed by atoms with Crippen LogP contribution in [0.3, 0.4) is 0 Å². The summed E-state index contributed by atoms with van der Waals surface area (Å²) in [7, 11) is 0. The average Bonchev–Trinajstić information content (AvgIpc) is 2.97. The van der Waals surface area contributed by atoms with E-state index in [-0.39, 0.29) is 5.91 Å². The Morgan fingerprint density at radius 1 is 1.27 bits per heavy atom. The van der Waals surface area contributed by atoms with Crippen LogP contribution in [0.25, 0.3) is 0 Å². The van der Waals surface area contributed by atoms with Gasteiger partial charge in [-0.2, -0.15) is 0 Å². The van der Waals surface area contributed by atoms with E-state index in [1.165, 1.54) is 25.9 Å². The first-order valence-electron chi connectivity index (χ1n) is 7.91. The molecule has 22 heavy (non-hydrogen) atoms. The molecule has 1 N–H and O–H groups in total. The number of rotatable bonds is 7. The first kappa shape index (κ1) is 17.3. The first-order valence-corrected chi connectivity index (χ1v) is 8.70. The number of carbonyl (C=O) groups is 1. The smallest absolute Gasteiger partial charge is 0.240 e. The molecule has 4 nitrogen and oxygen atoms in total. The van der Waals surface area contributed by atoms with Crippen molar-refractivity contribution in [1.29, 1.82) is 0 Å². The number of ether oxygens (including phenoxy) is 1. The Morgan fingerprint density at radius 2 is 1.91 bits per heavy atom. The van der Waals surface area contributed by atoms with Crippen LogP contribution in [0, 0.1) is 0 Å². The zero-order chi connectivity index (χ0) is 16.0. The van der Waals surface area contributed by atoms with Gasteiger partial charge in [0.05, 0.1) is 10.9 Å². The Hall–Kier alpha value is -1.07. The normalized spacial score (nSPS) is 15.8. The zero-order valence-corrected chi connectivity index (χ0v) is 15.0. The molecule has 1 aromatic carbocycles. The van der Waals surface area contributed by atoms with Crippen molar-refractivity contribution in [3.63, 3.8) is 0 Å². The molecule has 2 rings (SSSR count). The highest BCUT2D eigenvalue weighted by molar-refractivity contribution is 9.10. The van der Waals surface area contributed by atoms with E-state index in [2.05, 4.69) is 26.1 Å². The molecule has 5 heteroatoms. The summed E-state index contributed by atoms with van der Waals surface area (Å²) in [4.78, 5) is 14.4. The third kappa shape index (κ3) is 5.61. The van der Waals surface area contributed by atoms with E-state index in [1.54, 1.807) is 0 Å². The number of anilines is 1. The van der Waals surface area contributed by atoms with Crippen molar-refractivity contribution in [3.05, 3.63) is 24.3 Å². The quantitative estimate of drug-likeness (QED) is 0.589. The Labute approximate surface area is 141 Å². The minimum absolute atomic E-state index is 0.0632. The lowest BCUT2D eigenvalue weighted by Crippen LogP contribution is -2.30. The summed E-state index contributed by atoms with van der Waals surface area (Å²) in [6.07, 6.45) is 3.72. The number of carbonyl (C=O) groups excluding carboxylic acids is 1. The largest absolute Gasteiger partial charge is 0.494 e. The number of amides is 1. The van der Waals surface area contributed by atoms with Gasteiger partial charge in [-0.25, -0.2) is 0 Å². The van der Waals surface area contributed by atoms with Gasteiger partial charge in [-0.05, 0) is 70.5 Å². The lowest BCUT2D eigenvalue weighted by atomic mass is 10.2. The molecule has 0 radical (unpaired) electrons. The number of nitrogens with zero attached hydrogens (tertiary/aromatic N) is 1. The van der Waals surface area contributed by atoms with Gasteiger partial charge in [0.1, 0.15) is 5.75 Å². The summed E-state index contributed by atoms with van der Waals surface area (Å²) in [5, 5.41) is 2.87. The molecule has 1 amide bonds. The topological polar surface area (TPSA) is 41.6 Å². The maximum absolute atomic E-state index is 11.9. The van der Waals surface area contributed by atoms with Crippen LogP contribution in [0.1, 0.15) is 33.1 Å². The molecule has 0 unspecified atom stereocenters. The highest BCUT2D eigenvalue weighted by atomic mass is 79.9. The van der Waals surface area contributed by atoms with Gasteiger partial charge in [0.2, 0.25) is 5.91 Å². The number of likely N-dealkylation sites (tertiary alicyclic amines) is 1. The van der Waals surface area contributed by atoms with Crippen molar-refractivity contribution >= 4 is 27.5 Å². The van der Waals surface area contributed by atoms with Gasteiger partial charge in [-0.1, -0.05) is 15.9 Å². The predicted octanol–water partition coefficient (Wildman–Crippen LogP) is 3.66. The van der Waals surface area contributed by atoms with Crippen LogP contribution in [0.4, 0.5) is 5.69 Å². The number of benzene rings is 1. The van der Waals surface area contributed by atoms with Gasteiger partial charge < -0.3 is 15.0 Å². The Morgan fingerprint density at radius 3 is 2.50 bits per heavy atom. The van der Waals surface area contributed by atoms with Crippen LogP contribution in [0.15, 0.2) is 24.3 Å². The predicted molar refractivity (Wildman–Crippen MR) is 93.9 cm³/mol. The van der Waals surface area contributed by atoms with E-state index in [4.69, 9.17) is 4.74 Å². The second-order valence-electron chi connectivity index (χ2n) is 6.20. The van der Waals surface area contributed by atoms with Crippen molar-refractivity contribution in [2.75, 3.05) is 31.6 Å². The van der Waals surface area contributed by atoms with Gasteiger partial charge in [-0.3, -0.25) is 4.79 Å². The van der Waals surface area contributed by atoms with Crippen LogP contribution in [0.5, 0.6) is 5.75 Å². The van der Waals surface area contributed by atoms with Gasteiger partial charge in [-0.15, -0.1) is 0 Å². The van der Waals surface area contributed by atoms with Crippen LogP contribution in [-0.4, -0.2) is 41.4 Å². The SMILES string of the molecule is CC(C)(Br)C(=O)Nc1ccc(OCCCN2CCCC2)cc1. The molecule has 1 aromatic rings. The summed E-state index contributed by atoms with van der Waals surface area (Å²) in [5.74, 6) is 0.782. The van der Waals surface area contributed by atoms with Gasteiger partial charge in [0.25, 0.3) is 0 Å². The van der Waals surface area contributed by atoms with E-state index in [0.717, 1.165) is 31.0 Å². The molecule has 0 spiro atoms. The summed E-state index contributed by atoms with van der Waals surface area (Å²) < 4.78 is 5.17. The number of alkyl halides is 1. The monoisotopic (exact) mass is 368 g/mol. The van der Waals surface area contributed by atoms with E-state index in [1.807, 2.05) is 38.1 Å². The second-order valence-corrected chi connectivity index (χ2v) is 8.18. The van der Waals surface area contributed by atoms with Crippen LogP contribution >= 0.6 is 15.9 Å². The fourth-order valence-corrected chi connectivity index (χ4v) is 2.50. The van der Waals surface area contributed by atoms with Gasteiger partial charge in [0.15, 0.2) is 0 Å². The molecule has 1 fully saturated rings. The van der Waals surface area contributed by atoms with Crippen molar-refractivity contribution in [2.45, 2.75) is 37.4 Å². The molecule has 1 saturated heterocycles. The molecule has 122 valence electrons. The van der Waals surface area contributed by atoms with E-state index in [9.17, 15) is 4.79 Å². The average molecular weight is 369 g/mol. The molecule has 0 aliphatic carbocycles. The second kappa shape index (κ2) is 7.97. The number of hydrogen-bond donors (Lipinski definition) is 1. The fourth-order valence-electron chi connectivity index (χ4n) is 2.40. The maximum Gasteiger partial charge on any atom is 0.240 e. The van der Waals surface area contributed by atoms with Crippen molar-refractivity contribution in [2.24, 2.45) is 0 Å². The minimum atomic E-state index is -0.572. The third-order valence-corrected chi connectivity index (χ3v) is 4.10. The molecule has 1 heterocycles. The molecular weight excluding hydrogens is 344 g/mol. The van der Waals surface area contributed by atoms with E-state index < -0.39 is 4.32 Å². The molecule has 0 bridgehead atoms. The van der Waals surface area contributed by atoms with Crippen LogP contribution in [-0.2, 0) is 4.79 Å². The van der Waals surface area contributed by atoms with E-state index >= 15 is 0 Å². The molecule has 1 aliphatic heterocycles. The Bertz CT molecular complexity index is 476. The lowest BCUT2D eigenvalue weighted by Gasteiger charge is -2.16. The lowest BCUT2D eigenvalue weighted by molar-refractivity contribution is -0.117. The molecule has 0 aromatic heterocycles. The Kier molecular flexibility index (Phi) is 6.26. The first-order chi connectivity index (χ1) is 10.4. The molecule has 1 aliphatic rings. The summed E-state index contributed by atoms with van der Waals surface area (Å²) in [5.41, 5.74) is 0.780. The molecular formula is C17H25BrN2O2. The third-order valence-electron chi connectivity index (χ3n) is 3.74. The summed E-state index contributed by atoms with van der Waals surface area (Å²) >= 11 is 3.35. The maximum atomic E-state index is 11.9. The fraction of sp³-hybridized carbons (Fsp3) is 0.588. The van der Waals surface area contributed by atoms with Crippen LogP contribution < -0.4 is 10.1 Å². The highest BCUT2D eigenvalue weighted by Crippen LogP contribution is 2.21. The number of halogens is 1. The van der Waals surface area contributed by atoms with Gasteiger partial charge in [0, 0.05) is 12.2 Å². The van der Waals surface area contributed by atoms with Crippen molar-refractivity contribution in [1.82, 2.24) is 4.90 Å². The number of hydrogen-bond acceptors (Lipinski definition) is 3. The van der Waals surface area contributed by atoms with Gasteiger partial charge >= 0.3 is 0 Å². The van der Waals surface area contributed by atoms with Crippen LogP contribution in [0.2, 0.25) is 0 Å². The highest BCUT2D eigenvalue weighted by Gasteiger charge is 2.23. The minimum Gasteiger partial charge on any atom is -0.494 e. The molecule has 0 saturated carbocycles. The Balaban J connectivity index is 1.71. The summed E-state index contributed by atoms with van der Waals surface area (Å²) in [6.45, 7) is 7.96. The van der Waals surface area contributed by atoms with E-state index in [0.29, 0.717) is 0 Å². The number of nitrogens with one attached hydrogen (secondary N) is 1. The summed E-state index contributed by atoms with van der Waals surface area (Å²) in [6, 6.07) is 7.53. The standard InChI is InChI=1S/C17H25BrN2O2/c1-17(2,18)16(21)19-14-6-8-15(9-7-14)22-13-5-12-20-10-3-4-11-20/h6-9H,3-5,10-13H2,1-2H3,(H,19,21). The molecule has 0 atom stereocenters. The van der Waals surface area contributed by atoms with Crippen molar-refractivity contribution in [3.8, 4) is 5.75 Å². The zero-order valence-electron chi connectivity index (χ0n) is 13.4.